The smallest absolute Gasteiger partial charge is 0.338 e. The zero-order valence-corrected chi connectivity index (χ0v) is 16.3. The van der Waals surface area contributed by atoms with Crippen molar-refractivity contribution in [2.45, 2.75) is 18.9 Å². The molecule has 28 heavy (non-hydrogen) atoms. The van der Waals surface area contributed by atoms with Gasteiger partial charge in [0.25, 0.3) is 0 Å². The predicted molar refractivity (Wildman–Crippen MR) is 114 cm³/mol. The van der Waals surface area contributed by atoms with E-state index in [1.807, 2.05) is 66.7 Å². The number of halogens is 1. The van der Waals surface area contributed by atoms with Crippen LogP contribution < -0.4 is 4.90 Å². The summed E-state index contributed by atoms with van der Waals surface area (Å²) in [6.07, 6.45) is 1.82. The molecule has 3 aromatic carbocycles. The minimum Gasteiger partial charge on any atom is -0.457 e. The van der Waals surface area contributed by atoms with Crippen LogP contribution in [0.4, 0.5) is 5.69 Å². The number of benzene rings is 3. The van der Waals surface area contributed by atoms with Crippen LogP contribution >= 0.6 is 11.6 Å². The Balaban J connectivity index is 1.40. The molecule has 4 rings (SSSR count). The molecule has 0 N–H and O–H groups in total. The summed E-state index contributed by atoms with van der Waals surface area (Å²) < 4.78 is 5.79. The van der Waals surface area contributed by atoms with Crippen LogP contribution in [0.1, 0.15) is 23.2 Å². The zero-order chi connectivity index (χ0) is 19.3. The Morgan fingerprint density at radius 3 is 2.46 bits per heavy atom. The van der Waals surface area contributed by atoms with Gasteiger partial charge in [-0.3, -0.25) is 0 Å². The second-order valence-electron chi connectivity index (χ2n) is 7.04. The van der Waals surface area contributed by atoms with E-state index in [4.69, 9.17) is 16.3 Å². The quantitative estimate of drug-likeness (QED) is 0.524. The van der Waals surface area contributed by atoms with Crippen molar-refractivity contribution in [2.24, 2.45) is 0 Å². The van der Waals surface area contributed by atoms with Gasteiger partial charge in [-0.2, -0.15) is 0 Å². The van der Waals surface area contributed by atoms with Crippen LogP contribution in [0.15, 0.2) is 78.9 Å². The van der Waals surface area contributed by atoms with Crippen molar-refractivity contribution in [2.75, 3.05) is 18.0 Å². The highest BCUT2D eigenvalue weighted by Gasteiger charge is 2.23. The molecule has 0 spiro atoms. The maximum atomic E-state index is 12.6. The normalized spacial score (nSPS) is 16.6. The van der Waals surface area contributed by atoms with Crippen molar-refractivity contribution < 1.29 is 9.53 Å². The largest absolute Gasteiger partial charge is 0.457 e. The van der Waals surface area contributed by atoms with Crippen molar-refractivity contribution in [3.8, 4) is 11.1 Å². The Bertz CT molecular complexity index is 940. The lowest BCUT2D eigenvalue weighted by Gasteiger charge is -2.34. The fourth-order valence-electron chi connectivity index (χ4n) is 3.59. The molecule has 142 valence electrons. The van der Waals surface area contributed by atoms with Crippen LogP contribution in [-0.4, -0.2) is 25.2 Å². The zero-order valence-electron chi connectivity index (χ0n) is 15.6. The summed E-state index contributed by atoms with van der Waals surface area (Å²) in [5, 5.41) is 0.696. The summed E-state index contributed by atoms with van der Waals surface area (Å²) in [7, 11) is 0. The average molecular weight is 392 g/mol. The monoisotopic (exact) mass is 391 g/mol. The Kier molecular flexibility index (Phi) is 5.63. The third-order valence-electron chi connectivity index (χ3n) is 5.05. The molecule has 4 heteroatoms. The van der Waals surface area contributed by atoms with Crippen molar-refractivity contribution >= 4 is 23.3 Å². The summed E-state index contributed by atoms with van der Waals surface area (Å²) in [6.45, 7) is 1.72. The van der Waals surface area contributed by atoms with Crippen LogP contribution in [0, 0.1) is 0 Å². The fraction of sp³-hybridized carbons (Fsp3) is 0.208. The predicted octanol–water partition coefficient (Wildman–Crippen LogP) is 5.83. The molecular weight excluding hydrogens is 370 g/mol. The topological polar surface area (TPSA) is 29.5 Å². The number of hydrogen-bond acceptors (Lipinski definition) is 3. The van der Waals surface area contributed by atoms with E-state index in [1.165, 1.54) is 5.69 Å². The Morgan fingerprint density at radius 1 is 0.929 bits per heavy atom. The standard InChI is InChI=1S/C24H22ClNO2/c25-21-7-4-6-20(16-21)18-11-13-19(14-12-18)24(27)28-23-10-5-15-26(17-23)22-8-2-1-3-9-22/h1-4,6-9,11-14,16,23H,5,10,15,17H2. The summed E-state index contributed by atoms with van der Waals surface area (Å²) in [4.78, 5) is 14.9. The molecule has 0 aromatic heterocycles. The average Bonchev–Trinajstić information content (AvgIpc) is 2.75. The number of ether oxygens (including phenoxy) is 1. The molecule has 1 heterocycles. The SMILES string of the molecule is O=C(OC1CCCN(c2ccccc2)C1)c1ccc(-c2cccc(Cl)c2)cc1. The van der Waals surface area contributed by atoms with Gasteiger partial charge in [0.1, 0.15) is 6.10 Å². The molecule has 1 aliphatic rings. The van der Waals surface area contributed by atoms with E-state index in [2.05, 4.69) is 17.0 Å². The molecule has 3 nitrogen and oxygen atoms in total. The van der Waals surface area contributed by atoms with Crippen LogP contribution in [-0.2, 0) is 4.74 Å². The van der Waals surface area contributed by atoms with Gasteiger partial charge in [0.15, 0.2) is 0 Å². The Hall–Kier alpha value is -2.78. The van der Waals surface area contributed by atoms with Gasteiger partial charge in [-0.1, -0.05) is 54.1 Å². The van der Waals surface area contributed by atoms with Crippen molar-refractivity contribution in [3.05, 3.63) is 89.4 Å². The number of esters is 1. The minimum absolute atomic E-state index is 0.0888. The molecule has 3 aromatic rings. The number of para-hydroxylation sites is 1. The second kappa shape index (κ2) is 8.49. The molecule has 1 saturated heterocycles. The minimum atomic E-state index is -0.266. The lowest BCUT2D eigenvalue weighted by Crippen LogP contribution is -2.40. The molecule has 1 unspecified atom stereocenters. The molecule has 0 radical (unpaired) electrons. The number of carbonyl (C=O) groups excluding carboxylic acids is 1. The fourth-order valence-corrected chi connectivity index (χ4v) is 3.78. The summed E-state index contributed by atoms with van der Waals surface area (Å²) in [6, 6.07) is 25.4. The maximum absolute atomic E-state index is 12.6. The van der Waals surface area contributed by atoms with E-state index in [0.717, 1.165) is 37.1 Å². The van der Waals surface area contributed by atoms with E-state index in [0.29, 0.717) is 10.6 Å². The van der Waals surface area contributed by atoms with E-state index >= 15 is 0 Å². The van der Waals surface area contributed by atoms with Crippen molar-refractivity contribution in [1.82, 2.24) is 0 Å². The first-order valence-electron chi connectivity index (χ1n) is 9.56. The van der Waals surface area contributed by atoms with Gasteiger partial charge in [0.05, 0.1) is 12.1 Å². The van der Waals surface area contributed by atoms with Gasteiger partial charge in [0, 0.05) is 17.3 Å². The molecule has 1 atom stereocenters. The van der Waals surface area contributed by atoms with Crippen molar-refractivity contribution in [3.63, 3.8) is 0 Å². The van der Waals surface area contributed by atoms with Crippen LogP contribution in [0.5, 0.6) is 0 Å². The lowest BCUT2D eigenvalue weighted by molar-refractivity contribution is 0.0270. The van der Waals surface area contributed by atoms with E-state index in [1.54, 1.807) is 0 Å². The van der Waals surface area contributed by atoms with Gasteiger partial charge in [-0.25, -0.2) is 4.79 Å². The first-order valence-corrected chi connectivity index (χ1v) is 9.94. The van der Waals surface area contributed by atoms with Gasteiger partial charge in [-0.05, 0) is 60.4 Å². The molecule has 0 bridgehead atoms. The Morgan fingerprint density at radius 2 is 1.71 bits per heavy atom. The van der Waals surface area contributed by atoms with E-state index in [-0.39, 0.29) is 12.1 Å². The third kappa shape index (κ3) is 4.37. The van der Waals surface area contributed by atoms with Crippen LogP contribution in [0.3, 0.4) is 0 Å². The maximum Gasteiger partial charge on any atom is 0.338 e. The Labute approximate surface area is 170 Å². The highest BCUT2D eigenvalue weighted by molar-refractivity contribution is 6.30. The first kappa shape index (κ1) is 18.6. The van der Waals surface area contributed by atoms with Crippen LogP contribution in [0.2, 0.25) is 5.02 Å². The number of piperidine rings is 1. The molecule has 0 amide bonds. The van der Waals surface area contributed by atoms with Gasteiger partial charge >= 0.3 is 5.97 Å². The highest BCUT2D eigenvalue weighted by Crippen LogP contribution is 2.24. The highest BCUT2D eigenvalue weighted by atomic mass is 35.5. The summed E-state index contributed by atoms with van der Waals surface area (Å²) in [5.74, 6) is -0.266. The summed E-state index contributed by atoms with van der Waals surface area (Å²) in [5.41, 5.74) is 3.79. The third-order valence-corrected chi connectivity index (χ3v) is 5.29. The van der Waals surface area contributed by atoms with E-state index < -0.39 is 0 Å². The van der Waals surface area contributed by atoms with Crippen LogP contribution in [0.25, 0.3) is 11.1 Å². The molecular formula is C24H22ClNO2. The number of nitrogens with zero attached hydrogens (tertiary/aromatic N) is 1. The molecule has 1 aliphatic heterocycles. The van der Waals surface area contributed by atoms with Crippen molar-refractivity contribution in [1.29, 1.82) is 0 Å². The lowest BCUT2D eigenvalue weighted by atomic mass is 10.0. The first-order chi connectivity index (χ1) is 13.7. The number of anilines is 1. The van der Waals surface area contributed by atoms with Gasteiger partial charge in [0.2, 0.25) is 0 Å². The number of hydrogen-bond donors (Lipinski definition) is 0. The molecule has 1 fully saturated rings. The van der Waals surface area contributed by atoms with E-state index in [9.17, 15) is 4.79 Å². The number of rotatable bonds is 4. The molecule has 0 saturated carbocycles. The van der Waals surface area contributed by atoms with Gasteiger partial charge < -0.3 is 9.64 Å². The number of carbonyl (C=O) groups is 1. The van der Waals surface area contributed by atoms with Gasteiger partial charge in [-0.15, -0.1) is 0 Å². The second-order valence-corrected chi connectivity index (χ2v) is 7.48. The molecule has 0 aliphatic carbocycles. The summed E-state index contributed by atoms with van der Waals surface area (Å²) >= 11 is 6.06.